The average Bonchev–Trinajstić information content (AvgIpc) is 3.67. The van der Waals surface area contributed by atoms with Gasteiger partial charge in [0.2, 0.25) is 11.8 Å². The maximum absolute atomic E-state index is 13.0. The predicted octanol–water partition coefficient (Wildman–Crippen LogP) is 5.40. The second-order valence-corrected chi connectivity index (χ2v) is 14.5. The highest BCUT2D eigenvalue weighted by molar-refractivity contribution is 6.05. The van der Waals surface area contributed by atoms with E-state index in [1.54, 1.807) is 36.2 Å². The number of carbonyl (C=O) groups excluding carboxylic acids is 3. The molecule has 7 heterocycles. The molecule has 2 saturated heterocycles. The Morgan fingerprint density at radius 2 is 1.83 bits per heavy atom. The first-order valence-corrected chi connectivity index (χ1v) is 19.0. The van der Waals surface area contributed by atoms with Crippen LogP contribution in [0.1, 0.15) is 45.9 Å². The number of furan rings is 1. The van der Waals surface area contributed by atoms with E-state index in [0.717, 1.165) is 55.3 Å². The molecule has 0 radical (unpaired) electrons. The molecule has 7 aromatic rings. The number of carbonyl (C=O) groups is 3. The number of hydrogen-bond donors (Lipinski definition) is 2. The lowest BCUT2D eigenvalue weighted by Crippen LogP contribution is -2.39. The minimum absolute atomic E-state index is 0.0445. The number of ether oxygens (including phenoxy) is 1. The molecule has 13 heteroatoms. The van der Waals surface area contributed by atoms with Gasteiger partial charge in [0.05, 0.1) is 48.8 Å². The molecule has 0 bridgehead atoms. The molecule has 3 amide bonds. The van der Waals surface area contributed by atoms with Crippen molar-refractivity contribution in [2.24, 2.45) is 7.05 Å². The molecule has 2 aromatic carbocycles. The molecule has 0 aliphatic carbocycles. The summed E-state index contributed by atoms with van der Waals surface area (Å²) in [5.41, 5.74) is 6.81. The van der Waals surface area contributed by atoms with Crippen LogP contribution in [0.3, 0.4) is 0 Å². The Balaban J connectivity index is 0.922. The Hall–Kier alpha value is -7.17. The number of rotatable bonds is 6. The van der Waals surface area contributed by atoms with E-state index in [1.807, 2.05) is 67.7 Å². The number of pyridine rings is 4. The number of fused-ring (bicyclic) bond motifs is 3. The van der Waals surface area contributed by atoms with Gasteiger partial charge < -0.3 is 23.9 Å². The summed E-state index contributed by atoms with van der Waals surface area (Å²) in [6, 6.07) is 20.9. The molecule has 0 saturated carbocycles. The van der Waals surface area contributed by atoms with Crippen LogP contribution in [0, 0.1) is 18.8 Å². The molecular formula is C45H37N7O6. The van der Waals surface area contributed by atoms with E-state index in [9.17, 15) is 19.2 Å². The van der Waals surface area contributed by atoms with Crippen LogP contribution < -0.4 is 21.1 Å². The number of nitrogens with one attached hydrogen (secondary N) is 2. The molecule has 288 valence electrons. The Morgan fingerprint density at radius 1 is 0.966 bits per heavy atom. The van der Waals surface area contributed by atoms with E-state index in [2.05, 4.69) is 32.4 Å². The third-order valence-corrected chi connectivity index (χ3v) is 10.8. The lowest BCUT2D eigenvalue weighted by atomic mass is 9.90. The summed E-state index contributed by atoms with van der Waals surface area (Å²) in [6.45, 7) is 4.56. The standard InChI is InChI=1S/C45H37N7O6/c1-26-19-33-38(51(2)45(26)56)22-40(52-15-17-57-18-16-52)49-42(33)30-7-3-6-28-21-37(48-24-34(28)30)29-9-11-36(47-23-29)44(55)46-14-4-5-27-8-12-39-32(20-27)35(25-58-39)31-10-13-41(53)50-43(31)54/h3,6-9,11-12,19-25,31H,10,13-18H2,1-2H3,(H,46,55)(H,50,53,54). The van der Waals surface area contributed by atoms with Gasteiger partial charge in [0.25, 0.3) is 11.5 Å². The number of aryl methyl sites for hydroxylation is 2. The summed E-state index contributed by atoms with van der Waals surface area (Å²) < 4.78 is 12.9. The van der Waals surface area contributed by atoms with E-state index in [0.29, 0.717) is 55.1 Å². The van der Waals surface area contributed by atoms with Crippen LogP contribution in [-0.4, -0.2) is 70.1 Å². The zero-order valence-corrected chi connectivity index (χ0v) is 31.8. The summed E-state index contributed by atoms with van der Waals surface area (Å²) >= 11 is 0. The van der Waals surface area contributed by atoms with E-state index < -0.39 is 5.92 Å². The van der Waals surface area contributed by atoms with Crippen LogP contribution in [0.2, 0.25) is 0 Å². The van der Waals surface area contributed by atoms with Crippen LogP contribution in [0.15, 0.2) is 94.6 Å². The van der Waals surface area contributed by atoms with Crippen LogP contribution in [-0.2, 0) is 21.4 Å². The first-order chi connectivity index (χ1) is 28.2. The van der Waals surface area contributed by atoms with Crippen molar-refractivity contribution >= 4 is 56.2 Å². The largest absolute Gasteiger partial charge is 0.464 e. The number of imide groups is 1. The van der Waals surface area contributed by atoms with Crippen LogP contribution in [0.4, 0.5) is 5.82 Å². The lowest BCUT2D eigenvalue weighted by molar-refractivity contribution is -0.134. The topological polar surface area (TPSA) is 162 Å². The smallest absolute Gasteiger partial charge is 0.270 e. The number of morpholine rings is 1. The van der Waals surface area contributed by atoms with E-state index in [-0.39, 0.29) is 41.9 Å². The van der Waals surface area contributed by atoms with E-state index >= 15 is 0 Å². The molecule has 5 aromatic heterocycles. The fraction of sp³-hybridized carbons (Fsp3) is 0.222. The van der Waals surface area contributed by atoms with Gasteiger partial charge in [0.1, 0.15) is 17.1 Å². The summed E-state index contributed by atoms with van der Waals surface area (Å²) in [7, 11) is 1.80. The molecule has 58 heavy (non-hydrogen) atoms. The number of hydrogen-bond acceptors (Lipinski definition) is 10. The molecule has 2 aliphatic heterocycles. The van der Waals surface area contributed by atoms with Gasteiger partial charge in [-0.1, -0.05) is 30.0 Å². The van der Waals surface area contributed by atoms with Crippen molar-refractivity contribution in [2.75, 3.05) is 37.7 Å². The Kier molecular flexibility index (Phi) is 9.47. The maximum atomic E-state index is 13.0. The van der Waals surface area contributed by atoms with Crippen molar-refractivity contribution in [2.45, 2.75) is 25.7 Å². The number of benzene rings is 2. The monoisotopic (exact) mass is 771 g/mol. The van der Waals surface area contributed by atoms with Gasteiger partial charge in [-0.3, -0.25) is 34.5 Å². The van der Waals surface area contributed by atoms with Crippen molar-refractivity contribution in [3.63, 3.8) is 0 Å². The number of piperidine rings is 1. The Labute approximate surface area is 332 Å². The fourth-order valence-corrected chi connectivity index (χ4v) is 7.72. The van der Waals surface area contributed by atoms with E-state index in [1.165, 1.54) is 0 Å². The number of nitrogens with zero attached hydrogens (tertiary/aromatic N) is 5. The highest BCUT2D eigenvalue weighted by atomic mass is 16.5. The average molecular weight is 772 g/mol. The first kappa shape index (κ1) is 36.5. The van der Waals surface area contributed by atoms with Gasteiger partial charge in [-0.2, -0.15) is 0 Å². The minimum atomic E-state index is -0.470. The van der Waals surface area contributed by atoms with Crippen molar-refractivity contribution in [3.8, 4) is 34.4 Å². The van der Waals surface area contributed by atoms with Gasteiger partial charge in [-0.25, -0.2) is 4.98 Å². The van der Waals surface area contributed by atoms with Crippen molar-refractivity contribution in [1.82, 2.24) is 30.2 Å². The first-order valence-electron chi connectivity index (χ1n) is 19.0. The van der Waals surface area contributed by atoms with Gasteiger partial charge in [0.15, 0.2) is 0 Å². The van der Waals surface area contributed by atoms with Crippen LogP contribution in [0.25, 0.3) is 55.2 Å². The number of aromatic nitrogens is 4. The lowest BCUT2D eigenvalue weighted by Gasteiger charge is -2.29. The van der Waals surface area contributed by atoms with Gasteiger partial charge in [0, 0.05) is 89.0 Å². The van der Waals surface area contributed by atoms with E-state index in [4.69, 9.17) is 19.1 Å². The molecule has 2 aliphatic rings. The van der Waals surface area contributed by atoms with Crippen molar-refractivity contribution in [1.29, 1.82) is 0 Å². The van der Waals surface area contributed by atoms with Crippen molar-refractivity contribution < 1.29 is 23.5 Å². The molecular weight excluding hydrogens is 735 g/mol. The SMILES string of the molecule is Cc1cc2c(-c3cccc4cc(-c5ccc(C(=O)NCC#Cc6ccc7occ(C8CCC(=O)NC8=O)c7c6)nc5)ncc34)nc(N3CCOCC3)cc2n(C)c1=O. The number of amides is 3. The Morgan fingerprint density at radius 3 is 2.64 bits per heavy atom. The quantitative estimate of drug-likeness (QED) is 0.165. The molecule has 0 spiro atoms. The second-order valence-electron chi connectivity index (χ2n) is 14.5. The molecule has 1 unspecified atom stereocenters. The molecule has 13 nitrogen and oxygen atoms in total. The minimum Gasteiger partial charge on any atom is -0.464 e. The van der Waals surface area contributed by atoms with Crippen molar-refractivity contribution in [3.05, 3.63) is 118 Å². The van der Waals surface area contributed by atoms with Gasteiger partial charge >= 0.3 is 0 Å². The second kappa shape index (κ2) is 15.1. The molecule has 2 fully saturated rings. The Bertz CT molecular complexity index is 2930. The zero-order valence-electron chi connectivity index (χ0n) is 31.8. The molecule has 1 atom stereocenters. The summed E-state index contributed by atoms with van der Waals surface area (Å²) in [5, 5.41) is 8.71. The summed E-state index contributed by atoms with van der Waals surface area (Å²) in [6.07, 6.45) is 5.72. The van der Waals surface area contributed by atoms with Crippen LogP contribution in [0.5, 0.6) is 0 Å². The normalized spacial score (nSPS) is 15.7. The summed E-state index contributed by atoms with van der Waals surface area (Å²) in [5.74, 6) is 5.40. The molecule has 2 N–H and O–H groups in total. The summed E-state index contributed by atoms with van der Waals surface area (Å²) in [4.78, 5) is 66.7. The third kappa shape index (κ3) is 6.84. The van der Waals surface area contributed by atoms with Gasteiger partial charge in [-0.15, -0.1) is 0 Å². The molecule has 9 rings (SSSR count). The highest BCUT2D eigenvalue weighted by Crippen LogP contribution is 2.36. The number of anilines is 1. The predicted molar refractivity (Wildman–Crippen MR) is 219 cm³/mol. The maximum Gasteiger partial charge on any atom is 0.270 e. The van der Waals surface area contributed by atoms with Crippen LogP contribution >= 0.6 is 0 Å². The zero-order chi connectivity index (χ0) is 39.9. The van der Waals surface area contributed by atoms with Gasteiger partial charge in [-0.05, 0) is 61.2 Å². The fourth-order valence-electron chi connectivity index (χ4n) is 7.72. The third-order valence-electron chi connectivity index (χ3n) is 10.8. The highest BCUT2D eigenvalue weighted by Gasteiger charge is 2.30.